The van der Waals surface area contributed by atoms with Crippen molar-refractivity contribution in [2.75, 3.05) is 5.08 Å². The molecule has 1 amide bonds. The fourth-order valence-electron chi connectivity index (χ4n) is 0.300. The SMILES string of the molecule is NC(=O)C1SCS1. The summed E-state index contributed by atoms with van der Waals surface area (Å²) in [5, 5.41) is 1.02. The Hall–Kier alpha value is 0.170. The molecule has 0 saturated carbocycles. The molecule has 0 aromatic heterocycles. The highest BCUT2D eigenvalue weighted by molar-refractivity contribution is 8.33. The van der Waals surface area contributed by atoms with E-state index >= 15 is 0 Å². The van der Waals surface area contributed by atoms with Crippen molar-refractivity contribution in [3.05, 3.63) is 0 Å². The second kappa shape index (κ2) is 1.96. The lowest BCUT2D eigenvalue weighted by atomic mass is 10.7. The average molecular weight is 135 g/mol. The Labute approximate surface area is 50.2 Å². The molecule has 0 atom stereocenters. The van der Waals surface area contributed by atoms with E-state index in [0.717, 1.165) is 5.08 Å². The highest BCUT2D eigenvalue weighted by Gasteiger charge is 2.23. The van der Waals surface area contributed by atoms with Gasteiger partial charge in [0.15, 0.2) is 0 Å². The molecular formula is C3H5NOS2. The molecule has 1 saturated heterocycles. The van der Waals surface area contributed by atoms with Crippen LogP contribution in [-0.4, -0.2) is 15.6 Å². The lowest BCUT2D eigenvalue weighted by Gasteiger charge is -2.19. The van der Waals surface area contributed by atoms with Gasteiger partial charge in [0.1, 0.15) is 4.58 Å². The van der Waals surface area contributed by atoms with Crippen LogP contribution in [0, 0.1) is 0 Å². The topological polar surface area (TPSA) is 43.1 Å². The molecule has 1 rings (SSSR count). The highest BCUT2D eigenvalue weighted by atomic mass is 32.3. The number of rotatable bonds is 1. The molecule has 0 bridgehead atoms. The van der Waals surface area contributed by atoms with Crippen molar-refractivity contribution in [3.63, 3.8) is 0 Å². The lowest BCUT2D eigenvalue weighted by molar-refractivity contribution is -0.116. The van der Waals surface area contributed by atoms with Gasteiger partial charge in [-0.2, -0.15) is 0 Å². The molecule has 2 N–H and O–H groups in total. The summed E-state index contributed by atoms with van der Waals surface area (Å²) in [7, 11) is 0. The quantitative estimate of drug-likeness (QED) is 0.560. The summed E-state index contributed by atoms with van der Waals surface area (Å²) in [5.41, 5.74) is 4.92. The Morgan fingerprint density at radius 3 is 2.29 bits per heavy atom. The fraction of sp³-hybridized carbons (Fsp3) is 0.667. The molecule has 0 aromatic rings. The Morgan fingerprint density at radius 2 is 2.29 bits per heavy atom. The molecular weight excluding hydrogens is 130 g/mol. The molecule has 4 heteroatoms. The predicted molar refractivity (Wildman–Crippen MR) is 33.0 cm³/mol. The number of nitrogens with two attached hydrogens (primary N) is 1. The molecule has 1 aliphatic heterocycles. The first kappa shape index (κ1) is 5.31. The van der Waals surface area contributed by atoms with Crippen LogP contribution in [0.1, 0.15) is 0 Å². The maximum atomic E-state index is 10.2. The van der Waals surface area contributed by atoms with E-state index in [0.29, 0.717) is 0 Å². The minimum atomic E-state index is -0.193. The predicted octanol–water partition coefficient (Wildman–Crippen LogP) is 0.235. The van der Waals surface area contributed by atoms with Gasteiger partial charge >= 0.3 is 0 Å². The minimum Gasteiger partial charge on any atom is -0.368 e. The van der Waals surface area contributed by atoms with Crippen molar-refractivity contribution in [1.29, 1.82) is 0 Å². The van der Waals surface area contributed by atoms with Crippen molar-refractivity contribution in [3.8, 4) is 0 Å². The van der Waals surface area contributed by atoms with Crippen LogP contribution in [0.5, 0.6) is 0 Å². The van der Waals surface area contributed by atoms with E-state index in [4.69, 9.17) is 5.73 Å². The molecule has 2 nitrogen and oxygen atoms in total. The van der Waals surface area contributed by atoms with Gasteiger partial charge in [-0.25, -0.2) is 0 Å². The van der Waals surface area contributed by atoms with Crippen LogP contribution >= 0.6 is 23.5 Å². The van der Waals surface area contributed by atoms with Crippen molar-refractivity contribution < 1.29 is 4.79 Å². The maximum Gasteiger partial charge on any atom is 0.240 e. The van der Waals surface area contributed by atoms with Crippen LogP contribution in [0.3, 0.4) is 0 Å². The number of hydrogen-bond donors (Lipinski definition) is 1. The number of carbonyl (C=O) groups is 1. The van der Waals surface area contributed by atoms with Crippen molar-refractivity contribution >= 4 is 29.4 Å². The minimum absolute atomic E-state index is 0.0556. The van der Waals surface area contributed by atoms with Crippen LogP contribution < -0.4 is 5.73 Å². The Morgan fingerprint density at radius 1 is 1.71 bits per heavy atom. The molecule has 1 heterocycles. The molecule has 1 aliphatic rings. The zero-order chi connectivity index (χ0) is 5.28. The van der Waals surface area contributed by atoms with Crippen LogP contribution in [-0.2, 0) is 4.79 Å². The van der Waals surface area contributed by atoms with Crippen molar-refractivity contribution in [2.45, 2.75) is 4.58 Å². The Balaban J connectivity index is 2.27. The van der Waals surface area contributed by atoms with Crippen molar-refractivity contribution in [1.82, 2.24) is 0 Å². The molecule has 7 heavy (non-hydrogen) atoms. The van der Waals surface area contributed by atoms with Crippen LogP contribution in [0.4, 0.5) is 0 Å². The number of hydrogen-bond acceptors (Lipinski definition) is 3. The second-order valence-electron chi connectivity index (χ2n) is 1.19. The molecule has 1 fully saturated rings. The summed E-state index contributed by atoms with van der Waals surface area (Å²) in [6, 6.07) is 0. The molecule has 0 unspecified atom stereocenters. The monoisotopic (exact) mass is 135 g/mol. The third-order valence-corrected chi connectivity index (χ3v) is 3.65. The van der Waals surface area contributed by atoms with Gasteiger partial charge in [0, 0.05) is 5.08 Å². The number of carbonyl (C=O) groups excluding carboxylic acids is 1. The van der Waals surface area contributed by atoms with E-state index < -0.39 is 0 Å². The maximum absolute atomic E-state index is 10.2. The molecule has 0 aliphatic carbocycles. The van der Waals surface area contributed by atoms with E-state index in [-0.39, 0.29) is 10.5 Å². The number of thioether (sulfide) groups is 2. The van der Waals surface area contributed by atoms with E-state index in [1.165, 1.54) is 0 Å². The van der Waals surface area contributed by atoms with E-state index in [1.807, 2.05) is 0 Å². The average Bonchev–Trinajstić information content (AvgIpc) is 1.23. The first-order valence-corrected chi connectivity index (χ1v) is 3.93. The van der Waals surface area contributed by atoms with Gasteiger partial charge in [-0.05, 0) is 0 Å². The third kappa shape index (κ3) is 1.04. The summed E-state index contributed by atoms with van der Waals surface area (Å²) in [6.07, 6.45) is 0. The normalized spacial score (nSPS) is 21.1. The standard InChI is InChI=1S/C3H5NOS2/c4-2(5)3-6-1-7-3/h3H,1H2,(H2,4,5). The first-order valence-electron chi connectivity index (χ1n) is 1.83. The molecule has 0 radical (unpaired) electrons. The summed E-state index contributed by atoms with van der Waals surface area (Å²) in [6.45, 7) is 0. The third-order valence-electron chi connectivity index (χ3n) is 0.671. The Kier molecular flexibility index (Phi) is 1.49. The second-order valence-corrected chi connectivity index (χ2v) is 4.04. The van der Waals surface area contributed by atoms with Gasteiger partial charge < -0.3 is 5.73 Å². The van der Waals surface area contributed by atoms with Crippen molar-refractivity contribution in [2.24, 2.45) is 5.73 Å². The van der Waals surface area contributed by atoms with Crippen LogP contribution in [0.15, 0.2) is 0 Å². The first-order chi connectivity index (χ1) is 3.30. The summed E-state index contributed by atoms with van der Waals surface area (Å²) >= 11 is 3.20. The fourth-order valence-corrected chi connectivity index (χ4v) is 1.72. The van der Waals surface area contributed by atoms with Gasteiger partial charge in [0.05, 0.1) is 0 Å². The van der Waals surface area contributed by atoms with E-state index in [2.05, 4.69) is 0 Å². The summed E-state index contributed by atoms with van der Waals surface area (Å²) < 4.78 is 0.0556. The van der Waals surface area contributed by atoms with Gasteiger partial charge in [0.2, 0.25) is 5.91 Å². The van der Waals surface area contributed by atoms with Gasteiger partial charge in [-0.15, -0.1) is 23.5 Å². The summed E-state index contributed by atoms with van der Waals surface area (Å²) in [4.78, 5) is 10.2. The van der Waals surface area contributed by atoms with Gasteiger partial charge in [-0.1, -0.05) is 0 Å². The number of primary amides is 1. The zero-order valence-electron chi connectivity index (χ0n) is 3.59. The van der Waals surface area contributed by atoms with Crippen LogP contribution in [0.25, 0.3) is 0 Å². The van der Waals surface area contributed by atoms with Gasteiger partial charge in [-0.3, -0.25) is 4.79 Å². The smallest absolute Gasteiger partial charge is 0.240 e. The van der Waals surface area contributed by atoms with Crippen LogP contribution in [0.2, 0.25) is 0 Å². The summed E-state index contributed by atoms with van der Waals surface area (Å²) in [5.74, 6) is -0.193. The molecule has 0 aromatic carbocycles. The van der Waals surface area contributed by atoms with E-state index in [1.54, 1.807) is 23.5 Å². The largest absolute Gasteiger partial charge is 0.368 e. The number of amides is 1. The lowest BCUT2D eigenvalue weighted by Crippen LogP contribution is -2.27. The molecule has 0 spiro atoms. The van der Waals surface area contributed by atoms with E-state index in [9.17, 15) is 4.79 Å². The molecule has 40 valence electrons. The zero-order valence-corrected chi connectivity index (χ0v) is 5.22. The van der Waals surface area contributed by atoms with Gasteiger partial charge in [0.25, 0.3) is 0 Å². The highest BCUT2D eigenvalue weighted by Crippen LogP contribution is 2.37. The Bertz CT molecular complexity index is 90.9.